The number of rotatable bonds is 4. The standard InChI is InChI=1S/C18H19ClFN3O/c19-14-2-1-3-17(12-14)23-10-8-22(9-11-23)13-18(24)21-16-6-4-15(20)5-7-16/h1-7,12H,8-11,13H2,(H,21,24). The van der Waals surface area contributed by atoms with E-state index >= 15 is 0 Å². The molecular weight excluding hydrogens is 329 g/mol. The Hall–Kier alpha value is -2.11. The smallest absolute Gasteiger partial charge is 0.238 e. The number of carbonyl (C=O) groups excluding carboxylic acids is 1. The number of amides is 1. The monoisotopic (exact) mass is 347 g/mol. The van der Waals surface area contributed by atoms with Crippen LogP contribution < -0.4 is 10.2 Å². The molecular formula is C18H19ClFN3O. The van der Waals surface area contributed by atoms with E-state index < -0.39 is 0 Å². The zero-order valence-electron chi connectivity index (χ0n) is 13.2. The molecule has 4 nitrogen and oxygen atoms in total. The molecule has 2 aromatic carbocycles. The third kappa shape index (κ3) is 4.46. The summed E-state index contributed by atoms with van der Waals surface area (Å²) >= 11 is 6.03. The average molecular weight is 348 g/mol. The van der Waals surface area contributed by atoms with Crippen molar-refractivity contribution in [1.29, 1.82) is 0 Å². The van der Waals surface area contributed by atoms with Crippen molar-refractivity contribution >= 4 is 28.9 Å². The van der Waals surface area contributed by atoms with Gasteiger partial charge < -0.3 is 10.2 Å². The number of halogens is 2. The Morgan fingerprint density at radius 3 is 2.46 bits per heavy atom. The van der Waals surface area contributed by atoms with Crippen LogP contribution in [-0.2, 0) is 4.79 Å². The van der Waals surface area contributed by atoms with E-state index in [1.165, 1.54) is 12.1 Å². The molecule has 6 heteroatoms. The van der Waals surface area contributed by atoms with Gasteiger partial charge in [-0.05, 0) is 42.5 Å². The Kier molecular flexibility index (Phi) is 5.33. The summed E-state index contributed by atoms with van der Waals surface area (Å²) in [7, 11) is 0. The Labute approximate surface area is 145 Å². The highest BCUT2D eigenvalue weighted by molar-refractivity contribution is 6.30. The number of piperazine rings is 1. The second-order valence-corrected chi connectivity index (χ2v) is 6.23. The number of benzene rings is 2. The molecule has 1 heterocycles. The molecule has 1 aliphatic rings. The molecule has 126 valence electrons. The molecule has 3 rings (SSSR count). The topological polar surface area (TPSA) is 35.6 Å². The number of hydrogen-bond acceptors (Lipinski definition) is 3. The minimum atomic E-state index is -0.315. The van der Waals surface area contributed by atoms with Crippen LogP contribution in [-0.4, -0.2) is 43.5 Å². The predicted octanol–water partition coefficient (Wildman–Crippen LogP) is 3.24. The van der Waals surface area contributed by atoms with Gasteiger partial charge in [0, 0.05) is 42.6 Å². The van der Waals surface area contributed by atoms with Gasteiger partial charge in [-0.25, -0.2) is 4.39 Å². The van der Waals surface area contributed by atoms with E-state index in [2.05, 4.69) is 15.1 Å². The summed E-state index contributed by atoms with van der Waals surface area (Å²) < 4.78 is 12.9. The maximum atomic E-state index is 12.9. The SMILES string of the molecule is O=C(CN1CCN(c2cccc(Cl)c2)CC1)Nc1ccc(F)cc1. The van der Waals surface area contributed by atoms with E-state index in [0.29, 0.717) is 12.2 Å². The lowest BCUT2D eigenvalue weighted by Crippen LogP contribution is -2.48. The predicted molar refractivity (Wildman–Crippen MR) is 95.1 cm³/mol. The summed E-state index contributed by atoms with van der Waals surface area (Å²) in [5.74, 6) is -0.400. The molecule has 24 heavy (non-hydrogen) atoms. The number of nitrogens with zero attached hydrogens (tertiary/aromatic N) is 2. The highest BCUT2D eigenvalue weighted by Gasteiger charge is 2.19. The Morgan fingerprint density at radius 2 is 1.79 bits per heavy atom. The van der Waals surface area contributed by atoms with Crippen molar-refractivity contribution < 1.29 is 9.18 Å². The van der Waals surface area contributed by atoms with Crippen molar-refractivity contribution in [2.75, 3.05) is 42.9 Å². The first-order valence-electron chi connectivity index (χ1n) is 7.88. The number of hydrogen-bond donors (Lipinski definition) is 1. The van der Waals surface area contributed by atoms with Crippen molar-refractivity contribution in [1.82, 2.24) is 4.90 Å². The third-order valence-electron chi connectivity index (χ3n) is 4.04. The molecule has 1 saturated heterocycles. The van der Waals surface area contributed by atoms with Crippen LogP contribution in [0.4, 0.5) is 15.8 Å². The van der Waals surface area contributed by atoms with Crippen LogP contribution in [0.5, 0.6) is 0 Å². The summed E-state index contributed by atoms with van der Waals surface area (Å²) in [6, 6.07) is 13.6. The van der Waals surface area contributed by atoms with Crippen molar-refractivity contribution in [2.45, 2.75) is 0 Å². The summed E-state index contributed by atoms with van der Waals surface area (Å²) in [6.45, 7) is 3.65. The maximum Gasteiger partial charge on any atom is 0.238 e. The normalized spacial score (nSPS) is 15.3. The molecule has 0 radical (unpaired) electrons. The minimum absolute atomic E-state index is 0.0854. The third-order valence-corrected chi connectivity index (χ3v) is 4.28. The van der Waals surface area contributed by atoms with Crippen molar-refractivity contribution in [3.05, 3.63) is 59.4 Å². The van der Waals surface area contributed by atoms with Gasteiger partial charge in [0.2, 0.25) is 5.91 Å². The molecule has 0 unspecified atom stereocenters. The Bertz CT molecular complexity index is 700. The van der Waals surface area contributed by atoms with Gasteiger partial charge >= 0.3 is 0 Å². The average Bonchev–Trinajstić information content (AvgIpc) is 2.58. The van der Waals surface area contributed by atoms with Gasteiger partial charge in [-0.2, -0.15) is 0 Å². The van der Waals surface area contributed by atoms with Crippen LogP contribution >= 0.6 is 11.6 Å². The molecule has 0 spiro atoms. The molecule has 0 aromatic heterocycles. The zero-order chi connectivity index (χ0) is 16.9. The lowest BCUT2D eigenvalue weighted by Gasteiger charge is -2.35. The van der Waals surface area contributed by atoms with Gasteiger partial charge in [-0.1, -0.05) is 17.7 Å². The molecule has 1 fully saturated rings. The van der Waals surface area contributed by atoms with Crippen LogP contribution in [0, 0.1) is 5.82 Å². The second-order valence-electron chi connectivity index (χ2n) is 5.80. The molecule has 0 aliphatic carbocycles. The zero-order valence-corrected chi connectivity index (χ0v) is 14.0. The van der Waals surface area contributed by atoms with Gasteiger partial charge in [0.1, 0.15) is 5.82 Å². The van der Waals surface area contributed by atoms with Crippen LogP contribution in [0.2, 0.25) is 5.02 Å². The molecule has 1 aliphatic heterocycles. The number of carbonyl (C=O) groups is 1. The maximum absolute atomic E-state index is 12.9. The van der Waals surface area contributed by atoms with E-state index in [9.17, 15) is 9.18 Å². The molecule has 2 aromatic rings. The van der Waals surface area contributed by atoms with Crippen molar-refractivity contribution in [3.63, 3.8) is 0 Å². The van der Waals surface area contributed by atoms with Crippen LogP contribution in [0.15, 0.2) is 48.5 Å². The van der Waals surface area contributed by atoms with E-state index in [1.54, 1.807) is 12.1 Å². The second kappa shape index (κ2) is 7.64. The number of nitrogens with one attached hydrogen (secondary N) is 1. The number of anilines is 2. The highest BCUT2D eigenvalue weighted by atomic mass is 35.5. The van der Waals surface area contributed by atoms with Gasteiger partial charge in [0.05, 0.1) is 6.54 Å². The largest absolute Gasteiger partial charge is 0.369 e. The van der Waals surface area contributed by atoms with Gasteiger partial charge in [0.25, 0.3) is 0 Å². The quantitative estimate of drug-likeness (QED) is 0.922. The molecule has 1 N–H and O–H groups in total. The fourth-order valence-electron chi connectivity index (χ4n) is 2.77. The van der Waals surface area contributed by atoms with Crippen molar-refractivity contribution in [2.24, 2.45) is 0 Å². The Morgan fingerprint density at radius 1 is 1.08 bits per heavy atom. The van der Waals surface area contributed by atoms with E-state index in [0.717, 1.165) is 36.9 Å². The fraction of sp³-hybridized carbons (Fsp3) is 0.278. The van der Waals surface area contributed by atoms with Crippen LogP contribution in [0.3, 0.4) is 0 Å². The summed E-state index contributed by atoms with van der Waals surface area (Å²) in [4.78, 5) is 16.5. The van der Waals surface area contributed by atoms with E-state index in [-0.39, 0.29) is 11.7 Å². The Balaban J connectivity index is 1.48. The molecule has 0 atom stereocenters. The van der Waals surface area contributed by atoms with Crippen LogP contribution in [0.25, 0.3) is 0 Å². The summed E-state index contributed by atoms with van der Waals surface area (Å²) in [5, 5.41) is 3.52. The highest BCUT2D eigenvalue weighted by Crippen LogP contribution is 2.20. The lowest BCUT2D eigenvalue weighted by atomic mass is 10.2. The molecule has 1 amide bonds. The van der Waals surface area contributed by atoms with Gasteiger partial charge in [-0.15, -0.1) is 0 Å². The first kappa shape index (κ1) is 16.7. The minimum Gasteiger partial charge on any atom is -0.369 e. The molecule has 0 saturated carbocycles. The first-order chi connectivity index (χ1) is 11.6. The molecule has 0 bridgehead atoms. The summed E-state index contributed by atoms with van der Waals surface area (Å²) in [5.41, 5.74) is 1.72. The lowest BCUT2D eigenvalue weighted by molar-refractivity contribution is -0.117. The van der Waals surface area contributed by atoms with Gasteiger partial charge in [-0.3, -0.25) is 9.69 Å². The van der Waals surface area contributed by atoms with Crippen molar-refractivity contribution in [3.8, 4) is 0 Å². The van der Waals surface area contributed by atoms with Gasteiger partial charge in [0.15, 0.2) is 0 Å². The first-order valence-corrected chi connectivity index (χ1v) is 8.26. The van der Waals surface area contributed by atoms with E-state index in [4.69, 9.17) is 11.6 Å². The summed E-state index contributed by atoms with van der Waals surface area (Å²) in [6.07, 6.45) is 0. The van der Waals surface area contributed by atoms with Crippen LogP contribution in [0.1, 0.15) is 0 Å². The fourth-order valence-corrected chi connectivity index (χ4v) is 2.96. The van der Waals surface area contributed by atoms with E-state index in [1.807, 2.05) is 24.3 Å².